The number of methoxy groups -OCH3 is 3. The van der Waals surface area contributed by atoms with E-state index in [4.69, 9.17) is 24.1 Å². The summed E-state index contributed by atoms with van der Waals surface area (Å²) in [6, 6.07) is 24.4. The molecule has 0 saturated carbocycles. The van der Waals surface area contributed by atoms with Gasteiger partial charge in [-0.15, -0.1) is 0 Å². The summed E-state index contributed by atoms with van der Waals surface area (Å²) in [6.07, 6.45) is 5.09. The van der Waals surface area contributed by atoms with Gasteiger partial charge >= 0.3 is 5.97 Å². The highest BCUT2D eigenvalue weighted by Gasteiger charge is 2.38. The van der Waals surface area contributed by atoms with E-state index in [1.165, 1.54) is 18.9 Å². The van der Waals surface area contributed by atoms with Crippen molar-refractivity contribution < 1.29 is 28.8 Å². The van der Waals surface area contributed by atoms with Crippen molar-refractivity contribution in [3.8, 4) is 17.2 Å². The number of benzene rings is 3. The Morgan fingerprint density at radius 3 is 1.44 bits per heavy atom. The first-order valence-corrected chi connectivity index (χ1v) is 13.1. The van der Waals surface area contributed by atoms with Gasteiger partial charge in [-0.05, 0) is 85.9 Å². The molecule has 7 nitrogen and oxygen atoms in total. The van der Waals surface area contributed by atoms with E-state index in [2.05, 4.69) is 41.3 Å². The Balaban J connectivity index is 0.000000631. The van der Waals surface area contributed by atoms with Crippen LogP contribution in [0, 0.1) is 0 Å². The van der Waals surface area contributed by atoms with Gasteiger partial charge in [0.25, 0.3) is 0 Å². The van der Waals surface area contributed by atoms with Crippen LogP contribution in [0.3, 0.4) is 0 Å². The van der Waals surface area contributed by atoms with Gasteiger partial charge in [-0.2, -0.15) is 0 Å². The average molecular weight is 534 g/mol. The lowest BCUT2D eigenvalue weighted by molar-refractivity contribution is -0.131. The lowest BCUT2D eigenvalue weighted by atomic mass is 9.80. The summed E-state index contributed by atoms with van der Waals surface area (Å²) in [6.45, 7) is 5.47. The first kappa shape index (κ1) is 29.7. The molecule has 0 aliphatic carbocycles. The highest BCUT2D eigenvalue weighted by Crippen LogP contribution is 2.42. The number of rotatable bonds is 11. The highest BCUT2D eigenvalue weighted by atomic mass is 16.5. The molecule has 1 aliphatic rings. The smallest absolute Gasteiger partial charge is 0.327 e. The van der Waals surface area contributed by atoms with E-state index in [0.29, 0.717) is 6.61 Å². The fraction of sp³-hybridized carbons (Fsp3) is 0.344. The van der Waals surface area contributed by atoms with Gasteiger partial charge in [-0.25, -0.2) is 4.79 Å². The molecule has 7 heteroatoms. The Morgan fingerprint density at radius 1 is 0.769 bits per heavy atom. The van der Waals surface area contributed by atoms with Gasteiger partial charge in [0, 0.05) is 12.6 Å². The molecule has 0 spiro atoms. The van der Waals surface area contributed by atoms with Crippen LogP contribution in [0.15, 0.2) is 84.9 Å². The summed E-state index contributed by atoms with van der Waals surface area (Å²) in [5.41, 5.74) is 2.34. The maximum atomic E-state index is 9.51. The Hall–Kier alpha value is -3.81. The van der Waals surface area contributed by atoms with Crippen LogP contribution in [-0.4, -0.2) is 63.5 Å². The standard InChI is InChI=1S/C28H33NO4.C4H6O2/c1-30-25-12-6-22(7-13-25)28(23-8-14-26(31-2)15-9-23,24-10-16-27(32-3)17-11-24)33-21-20-29-18-4-5-19-29;1-2-3-4(5)6/h6-17H,4-5,18-21H2,1-3H3;2-3H,1H3,(H,5,6)/b;3-2-. The van der Waals surface area contributed by atoms with Crippen LogP contribution in [0.1, 0.15) is 36.5 Å². The number of nitrogens with zero attached hydrogens (tertiary/aromatic N) is 1. The van der Waals surface area contributed by atoms with Crippen molar-refractivity contribution in [1.29, 1.82) is 0 Å². The van der Waals surface area contributed by atoms with Gasteiger partial charge in [0.15, 0.2) is 0 Å². The van der Waals surface area contributed by atoms with E-state index < -0.39 is 11.6 Å². The SMILES string of the molecule is C/C=C\C(=O)O.COc1ccc(C(OCCN2CCCC2)(c2ccc(OC)cc2)c2ccc(OC)cc2)cc1. The Bertz CT molecular complexity index is 1050. The van der Waals surface area contributed by atoms with Crippen molar-refractivity contribution in [2.45, 2.75) is 25.4 Å². The second-order valence-electron chi connectivity index (χ2n) is 9.10. The summed E-state index contributed by atoms with van der Waals surface area (Å²) in [7, 11) is 5.05. The highest BCUT2D eigenvalue weighted by molar-refractivity contribution is 5.79. The minimum Gasteiger partial charge on any atom is -0.497 e. The topological polar surface area (TPSA) is 77.5 Å². The summed E-state index contributed by atoms with van der Waals surface area (Å²) < 4.78 is 23.2. The average Bonchev–Trinajstić information content (AvgIpc) is 3.50. The fourth-order valence-corrected chi connectivity index (χ4v) is 4.70. The van der Waals surface area contributed by atoms with Crippen LogP contribution in [0.5, 0.6) is 17.2 Å². The van der Waals surface area contributed by atoms with Gasteiger partial charge in [0.05, 0.1) is 27.9 Å². The van der Waals surface area contributed by atoms with Crippen molar-refractivity contribution in [3.63, 3.8) is 0 Å². The molecular weight excluding hydrogens is 494 g/mol. The van der Waals surface area contributed by atoms with Gasteiger partial charge in [-0.1, -0.05) is 42.5 Å². The third-order valence-corrected chi connectivity index (χ3v) is 6.72. The second-order valence-corrected chi connectivity index (χ2v) is 9.10. The van der Waals surface area contributed by atoms with E-state index in [9.17, 15) is 4.79 Å². The minimum absolute atomic E-state index is 0.615. The van der Waals surface area contributed by atoms with E-state index in [1.54, 1.807) is 28.3 Å². The summed E-state index contributed by atoms with van der Waals surface area (Å²) in [4.78, 5) is 12.0. The van der Waals surface area contributed by atoms with Crippen molar-refractivity contribution >= 4 is 5.97 Å². The fourth-order valence-electron chi connectivity index (χ4n) is 4.70. The maximum Gasteiger partial charge on any atom is 0.327 e. The van der Waals surface area contributed by atoms with Crippen LogP contribution >= 0.6 is 0 Å². The molecule has 1 heterocycles. The summed E-state index contributed by atoms with van der Waals surface area (Å²) >= 11 is 0. The molecule has 1 aliphatic heterocycles. The van der Waals surface area contributed by atoms with Crippen LogP contribution in [-0.2, 0) is 15.1 Å². The number of carboxylic acids is 1. The number of allylic oxidation sites excluding steroid dienone is 1. The van der Waals surface area contributed by atoms with Crippen molar-refractivity contribution in [2.24, 2.45) is 0 Å². The van der Waals surface area contributed by atoms with E-state index >= 15 is 0 Å². The number of ether oxygens (including phenoxy) is 4. The molecule has 0 radical (unpaired) electrons. The summed E-state index contributed by atoms with van der Waals surface area (Å²) in [5, 5.41) is 7.83. The Labute approximate surface area is 231 Å². The predicted molar refractivity (Wildman–Crippen MR) is 153 cm³/mol. The zero-order chi connectivity index (χ0) is 28.1. The largest absolute Gasteiger partial charge is 0.497 e. The third kappa shape index (κ3) is 7.85. The minimum atomic E-state index is -0.891. The molecule has 0 atom stereocenters. The van der Waals surface area contributed by atoms with E-state index in [0.717, 1.165) is 59.6 Å². The van der Waals surface area contributed by atoms with Crippen LogP contribution < -0.4 is 14.2 Å². The molecule has 1 saturated heterocycles. The van der Waals surface area contributed by atoms with Crippen LogP contribution in [0.25, 0.3) is 0 Å². The van der Waals surface area contributed by atoms with Crippen LogP contribution in [0.2, 0.25) is 0 Å². The maximum absolute atomic E-state index is 9.51. The quantitative estimate of drug-likeness (QED) is 0.248. The zero-order valence-electron chi connectivity index (χ0n) is 23.3. The monoisotopic (exact) mass is 533 g/mol. The first-order chi connectivity index (χ1) is 19.0. The van der Waals surface area contributed by atoms with Crippen molar-refractivity contribution in [3.05, 3.63) is 102 Å². The molecule has 3 aromatic rings. The number of carbonyl (C=O) groups is 1. The van der Waals surface area contributed by atoms with Crippen LogP contribution in [0.4, 0.5) is 0 Å². The Kier molecular flexibility index (Phi) is 11.4. The molecule has 0 aromatic heterocycles. The molecule has 0 amide bonds. The molecule has 1 N–H and O–H groups in total. The molecule has 1 fully saturated rings. The van der Waals surface area contributed by atoms with E-state index in [1.807, 2.05) is 36.4 Å². The van der Waals surface area contributed by atoms with Crippen molar-refractivity contribution in [2.75, 3.05) is 47.6 Å². The molecule has 208 valence electrons. The molecule has 0 unspecified atom stereocenters. The lowest BCUT2D eigenvalue weighted by Gasteiger charge is -2.36. The number of hydrogen-bond acceptors (Lipinski definition) is 6. The van der Waals surface area contributed by atoms with Gasteiger partial charge in [0.2, 0.25) is 0 Å². The van der Waals surface area contributed by atoms with Gasteiger partial charge < -0.3 is 29.0 Å². The molecule has 4 rings (SSSR count). The number of likely N-dealkylation sites (tertiary alicyclic amines) is 1. The second kappa shape index (κ2) is 15.0. The molecule has 39 heavy (non-hydrogen) atoms. The third-order valence-electron chi connectivity index (χ3n) is 6.72. The normalized spacial score (nSPS) is 13.5. The summed E-state index contributed by atoms with van der Waals surface area (Å²) in [5.74, 6) is 1.55. The zero-order valence-corrected chi connectivity index (χ0v) is 23.3. The number of carboxylic acid groups (broad SMARTS) is 1. The molecular formula is C32H39NO6. The lowest BCUT2D eigenvalue weighted by Crippen LogP contribution is -2.36. The van der Waals surface area contributed by atoms with Gasteiger partial charge in [-0.3, -0.25) is 0 Å². The molecule has 3 aromatic carbocycles. The van der Waals surface area contributed by atoms with Crippen molar-refractivity contribution in [1.82, 2.24) is 4.90 Å². The molecule has 0 bridgehead atoms. The first-order valence-electron chi connectivity index (χ1n) is 13.1. The number of hydrogen-bond donors (Lipinski definition) is 1. The van der Waals surface area contributed by atoms with Gasteiger partial charge in [0.1, 0.15) is 22.8 Å². The number of aliphatic carboxylic acids is 1. The Morgan fingerprint density at radius 2 is 1.15 bits per heavy atom. The predicted octanol–water partition coefficient (Wildman–Crippen LogP) is 5.76. The van der Waals surface area contributed by atoms with E-state index in [-0.39, 0.29) is 0 Å².